The van der Waals surface area contributed by atoms with Crippen molar-refractivity contribution < 1.29 is 9.47 Å². The number of nitrogens with zero attached hydrogens (tertiary/aromatic N) is 2. The molecular formula is C15H14N4O2S. The first kappa shape index (κ1) is 15.7. The van der Waals surface area contributed by atoms with Crippen molar-refractivity contribution >= 4 is 16.8 Å². The number of hydrogen-bond donors (Lipinski definition) is 2. The first-order valence-corrected chi connectivity index (χ1v) is 7.16. The Morgan fingerprint density at radius 1 is 1.27 bits per heavy atom. The molecule has 1 aromatic carbocycles. The third-order valence-corrected chi connectivity index (χ3v) is 4.36. The molecule has 1 aliphatic rings. The molecule has 0 saturated heterocycles. The van der Waals surface area contributed by atoms with E-state index in [9.17, 15) is 10.5 Å². The van der Waals surface area contributed by atoms with E-state index in [1.54, 1.807) is 18.2 Å². The zero-order valence-electron chi connectivity index (χ0n) is 12.1. The second-order valence-electron chi connectivity index (χ2n) is 4.55. The quantitative estimate of drug-likeness (QED) is 0.884. The van der Waals surface area contributed by atoms with Gasteiger partial charge in [0, 0.05) is 11.5 Å². The minimum atomic E-state index is -0.784. The van der Waals surface area contributed by atoms with E-state index in [0.717, 1.165) is 11.8 Å². The number of ether oxygens (including phenoxy) is 2. The average molecular weight is 314 g/mol. The molecule has 2 atom stereocenters. The van der Waals surface area contributed by atoms with Gasteiger partial charge in [0.15, 0.2) is 0 Å². The largest absolute Gasteiger partial charge is 0.497 e. The van der Waals surface area contributed by atoms with Gasteiger partial charge in [0.2, 0.25) is 0 Å². The first-order valence-electron chi connectivity index (χ1n) is 6.34. The van der Waals surface area contributed by atoms with Crippen LogP contribution in [0.1, 0.15) is 11.5 Å². The maximum absolute atomic E-state index is 9.43. The number of nitrogens with one attached hydrogen (secondary N) is 1. The maximum atomic E-state index is 9.43. The number of allylic oxidation sites excluding steroid dienone is 1. The molecule has 112 valence electrons. The molecule has 0 amide bonds. The van der Waals surface area contributed by atoms with E-state index in [2.05, 4.69) is 12.1 Å². The number of rotatable bonds is 3. The molecule has 7 heteroatoms. The van der Waals surface area contributed by atoms with Crippen molar-refractivity contribution in [3.63, 3.8) is 0 Å². The summed E-state index contributed by atoms with van der Waals surface area (Å²) in [6.07, 6.45) is 0. The van der Waals surface area contributed by atoms with E-state index in [-0.39, 0.29) is 15.6 Å². The van der Waals surface area contributed by atoms with E-state index in [1.165, 1.54) is 14.2 Å². The molecule has 0 fully saturated rings. The van der Waals surface area contributed by atoms with Crippen molar-refractivity contribution in [3.05, 3.63) is 34.4 Å². The van der Waals surface area contributed by atoms with Gasteiger partial charge < -0.3 is 15.2 Å². The van der Waals surface area contributed by atoms with Crippen molar-refractivity contribution in [2.75, 3.05) is 14.2 Å². The summed E-state index contributed by atoms with van der Waals surface area (Å²) in [7, 11) is 3.04. The second kappa shape index (κ2) is 6.42. The molecule has 1 aliphatic heterocycles. The van der Waals surface area contributed by atoms with E-state index in [1.807, 2.05) is 0 Å². The molecule has 1 aromatic rings. The number of benzene rings is 1. The van der Waals surface area contributed by atoms with Crippen LogP contribution in [0.2, 0.25) is 0 Å². The maximum Gasteiger partial charge on any atom is 0.123 e. The summed E-state index contributed by atoms with van der Waals surface area (Å²) in [6.45, 7) is 0. The summed E-state index contributed by atoms with van der Waals surface area (Å²) in [5.74, 6) is -0.332. The fourth-order valence-corrected chi connectivity index (χ4v) is 3.22. The lowest BCUT2D eigenvalue weighted by Gasteiger charge is -2.29. The molecule has 1 heterocycles. The van der Waals surface area contributed by atoms with Crippen LogP contribution in [-0.2, 0) is 0 Å². The Labute approximate surface area is 132 Å². The Hall–Kier alpha value is -2.64. The van der Waals surface area contributed by atoms with Gasteiger partial charge in [-0.05, 0) is 18.2 Å². The van der Waals surface area contributed by atoms with E-state index < -0.39 is 11.8 Å². The van der Waals surface area contributed by atoms with Crippen LogP contribution in [0.4, 0.5) is 0 Å². The van der Waals surface area contributed by atoms with E-state index in [0.29, 0.717) is 17.1 Å². The van der Waals surface area contributed by atoms with E-state index >= 15 is 0 Å². The van der Waals surface area contributed by atoms with E-state index in [4.69, 9.17) is 20.6 Å². The molecule has 0 aromatic heterocycles. The van der Waals surface area contributed by atoms with Crippen LogP contribution in [0.25, 0.3) is 0 Å². The van der Waals surface area contributed by atoms with Crippen LogP contribution in [0.3, 0.4) is 0 Å². The summed E-state index contributed by atoms with van der Waals surface area (Å²) >= 11 is 0.952. The molecule has 0 radical (unpaired) electrons. The SMILES string of the molecule is COc1ccc(OC)c([C@H]2C(C#N)=C(N)SC(=N)[C@@H]2C#N)c1. The molecule has 0 aliphatic carbocycles. The highest BCUT2D eigenvalue weighted by Crippen LogP contribution is 2.46. The molecule has 6 nitrogen and oxygen atoms in total. The highest BCUT2D eigenvalue weighted by molar-refractivity contribution is 8.17. The molecule has 0 unspecified atom stereocenters. The topological polar surface area (TPSA) is 116 Å². The minimum absolute atomic E-state index is 0.119. The number of nitriles is 2. The van der Waals surface area contributed by atoms with Crippen molar-refractivity contribution in [1.29, 1.82) is 15.9 Å². The van der Waals surface area contributed by atoms with Crippen LogP contribution in [0.5, 0.6) is 11.5 Å². The zero-order valence-corrected chi connectivity index (χ0v) is 12.9. The Bertz CT molecular complexity index is 730. The van der Waals surface area contributed by atoms with Crippen LogP contribution >= 0.6 is 11.8 Å². The lowest BCUT2D eigenvalue weighted by atomic mass is 9.81. The molecule has 0 spiro atoms. The molecule has 2 rings (SSSR count). The summed E-state index contributed by atoms with van der Waals surface area (Å²) in [5.41, 5.74) is 6.77. The smallest absolute Gasteiger partial charge is 0.123 e. The van der Waals surface area contributed by atoms with Crippen LogP contribution in [0, 0.1) is 34.0 Å². The number of thioether (sulfide) groups is 1. The average Bonchev–Trinajstić information content (AvgIpc) is 2.53. The van der Waals surface area contributed by atoms with Gasteiger partial charge in [-0.1, -0.05) is 11.8 Å². The Morgan fingerprint density at radius 3 is 2.55 bits per heavy atom. The van der Waals surface area contributed by atoms with Crippen molar-refractivity contribution in [3.8, 4) is 23.6 Å². The number of hydrogen-bond acceptors (Lipinski definition) is 7. The zero-order chi connectivity index (χ0) is 16.3. The predicted octanol–water partition coefficient (Wildman–Crippen LogP) is 2.35. The third kappa shape index (κ3) is 2.59. The summed E-state index contributed by atoms with van der Waals surface area (Å²) < 4.78 is 10.5. The fourth-order valence-electron chi connectivity index (χ4n) is 2.38. The Morgan fingerprint density at radius 2 is 2.00 bits per heavy atom. The number of nitrogens with two attached hydrogens (primary N) is 1. The van der Waals surface area contributed by atoms with Crippen LogP contribution in [0.15, 0.2) is 28.8 Å². The van der Waals surface area contributed by atoms with Crippen LogP contribution < -0.4 is 15.2 Å². The standard InChI is InChI=1S/C15H14N4O2S/c1-20-8-3-4-12(21-2)9(5-8)13-10(6-16)14(18)22-15(19)11(13)7-17/h3-5,10,13,18H,19H2,1-2H3/t10-,13-/m1/s1. The van der Waals surface area contributed by atoms with Gasteiger partial charge in [0.25, 0.3) is 0 Å². The number of methoxy groups -OCH3 is 2. The molecular weight excluding hydrogens is 300 g/mol. The van der Waals surface area contributed by atoms with Gasteiger partial charge in [-0.25, -0.2) is 0 Å². The van der Waals surface area contributed by atoms with Gasteiger partial charge in [0.05, 0.1) is 42.0 Å². The van der Waals surface area contributed by atoms with Crippen molar-refractivity contribution in [2.24, 2.45) is 11.7 Å². The second-order valence-corrected chi connectivity index (χ2v) is 5.63. The predicted molar refractivity (Wildman–Crippen MR) is 83.5 cm³/mol. The molecule has 22 heavy (non-hydrogen) atoms. The van der Waals surface area contributed by atoms with Gasteiger partial charge in [-0.2, -0.15) is 10.5 Å². The van der Waals surface area contributed by atoms with Crippen molar-refractivity contribution in [1.82, 2.24) is 0 Å². The van der Waals surface area contributed by atoms with Gasteiger partial charge in [-0.3, -0.25) is 5.41 Å². The fraction of sp³-hybridized carbons (Fsp3) is 0.267. The van der Waals surface area contributed by atoms with Gasteiger partial charge >= 0.3 is 0 Å². The lowest BCUT2D eigenvalue weighted by Crippen LogP contribution is -2.27. The van der Waals surface area contributed by atoms with Gasteiger partial charge in [-0.15, -0.1) is 0 Å². The first-order chi connectivity index (χ1) is 10.6. The highest BCUT2D eigenvalue weighted by Gasteiger charge is 2.38. The summed E-state index contributed by atoms with van der Waals surface area (Å²) in [6, 6.07) is 9.30. The highest BCUT2D eigenvalue weighted by atomic mass is 32.2. The van der Waals surface area contributed by atoms with Crippen molar-refractivity contribution in [2.45, 2.75) is 5.92 Å². The molecule has 0 bridgehead atoms. The van der Waals surface area contributed by atoms with Gasteiger partial charge in [0.1, 0.15) is 17.4 Å². The summed E-state index contributed by atoms with van der Waals surface area (Å²) in [4.78, 5) is 0. The molecule has 3 N–H and O–H groups in total. The summed E-state index contributed by atoms with van der Waals surface area (Å²) in [5, 5.41) is 27.2. The molecule has 0 saturated carbocycles. The lowest BCUT2D eigenvalue weighted by molar-refractivity contribution is 0.396. The van der Waals surface area contributed by atoms with Crippen LogP contribution in [-0.4, -0.2) is 19.3 Å². The third-order valence-electron chi connectivity index (χ3n) is 3.44. The minimum Gasteiger partial charge on any atom is -0.497 e. The monoisotopic (exact) mass is 314 g/mol. The Kier molecular flexibility index (Phi) is 4.59. The normalized spacial score (nSPS) is 21.0. The Balaban J connectivity index is 2.70.